The Bertz CT molecular complexity index is 763. The molecule has 0 unspecified atom stereocenters. The van der Waals surface area contributed by atoms with E-state index in [1.165, 1.54) is 0 Å². The van der Waals surface area contributed by atoms with Crippen molar-refractivity contribution in [3.8, 4) is 0 Å². The maximum Gasteiger partial charge on any atom is 0.265 e. The first kappa shape index (κ1) is 16.6. The van der Waals surface area contributed by atoms with Crippen LogP contribution in [0, 0.1) is 0 Å². The fourth-order valence-corrected chi connectivity index (χ4v) is 3.86. The van der Waals surface area contributed by atoms with E-state index >= 15 is 0 Å². The Morgan fingerprint density at radius 2 is 1.96 bits per heavy atom. The molecule has 0 saturated heterocycles. The van der Waals surface area contributed by atoms with Crippen LogP contribution < -0.4 is 4.90 Å². The number of nitrogens with zero attached hydrogens (tertiary/aromatic N) is 2. The van der Waals surface area contributed by atoms with Crippen molar-refractivity contribution in [3.05, 3.63) is 63.6 Å². The van der Waals surface area contributed by atoms with Gasteiger partial charge in [-0.15, -0.1) is 0 Å². The topological polar surface area (TPSA) is 32.7 Å². The van der Waals surface area contributed by atoms with Gasteiger partial charge in [0.05, 0.1) is 17.3 Å². The fourth-order valence-electron chi connectivity index (χ4n) is 2.24. The summed E-state index contributed by atoms with van der Waals surface area (Å²) in [6.07, 6.45) is 0. The molecule has 0 saturated carbocycles. The Morgan fingerprint density at radius 1 is 1.26 bits per heavy atom. The molecule has 23 heavy (non-hydrogen) atoms. The number of amidine groups is 1. The van der Waals surface area contributed by atoms with Crippen molar-refractivity contribution in [3.63, 3.8) is 0 Å². The Morgan fingerprint density at radius 3 is 2.57 bits per heavy atom. The second-order valence-corrected chi connectivity index (χ2v) is 7.45. The van der Waals surface area contributed by atoms with Crippen molar-refractivity contribution in [1.82, 2.24) is 0 Å². The average molecular weight is 410 g/mol. The van der Waals surface area contributed by atoms with Crippen LogP contribution in [-0.2, 0) is 0 Å². The lowest BCUT2D eigenvalue weighted by molar-refractivity contribution is 0.100. The number of rotatable bonds is 2. The minimum atomic E-state index is -0.111. The first-order chi connectivity index (χ1) is 11.1. The van der Waals surface area contributed by atoms with Gasteiger partial charge in [-0.1, -0.05) is 35.5 Å². The second-order valence-electron chi connectivity index (χ2n) is 5.17. The predicted octanol–water partition coefficient (Wildman–Crippen LogP) is 5.24. The summed E-state index contributed by atoms with van der Waals surface area (Å²) in [6, 6.07) is 14.8. The Hall–Kier alpha value is -1.30. The third-order valence-corrected chi connectivity index (χ3v) is 5.51. The fraction of sp³-hybridized carbons (Fsp3) is 0.176. The highest BCUT2D eigenvalue weighted by Crippen LogP contribution is 2.29. The Kier molecular flexibility index (Phi) is 5.09. The van der Waals surface area contributed by atoms with Gasteiger partial charge in [0.1, 0.15) is 0 Å². The van der Waals surface area contributed by atoms with Crippen LogP contribution in [0.25, 0.3) is 0 Å². The van der Waals surface area contributed by atoms with E-state index in [1.807, 2.05) is 37.3 Å². The van der Waals surface area contributed by atoms with Gasteiger partial charge >= 0.3 is 0 Å². The summed E-state index contributed by atoms with van der Waals surface area (Å²) >= 11 is 11.0. The second kappa shape index (κ2) is 7.07. The van der Waals surface area contributed by atoms with E-state index in [2.05, 4.69) is 20.9 Å². The summed E-state index contributed by atoms with van der Waals surface area (Å²) in [5.74, 6) is 0.767. The van der Waals surface area contributed by atoms with Crippen LogP contribution in [0.1, 0.15) is 17.3 Å². The molecule has 0 aliphatic carbocycles. The number of halogens is 2. The van der Waals surface area contributed by atoms with Crippen LogP contribution >= 0.6 is 39.3 Å². The van der Waals surface area contributed by atoms with E-state index in [9.17, 15) is 4.79 Å². The molecular weight excluding hydrogens is 396 g/mol. The quantitative estimate of drug-likeness (QED) is 0.679. The van der Waals surface area contributed by atoms with Gasteiger partial charge in [0.2, 0.25) is 0 Å². The lowest BCUT2D eigenvalue weighted by Gasteiger charge is -2.22. The van der Waals surface area contributed by atoms with Crippen molar-refractivity contribution in [2.45, 2.75) is 13.0 Å². The van der Waals surface area contributed by atoms with Crippen molar-refractivity contribution in [1.29, 1.82) is 0 Å². The van der Waals surface area contributed by atoms with Gasteiger partial charge in [0.15, 0.2) is 5.17 Å². The molecule has 118 valence electrons. The molecule has 0 fully saturated rings. The SMILES string of the molecule is C[C@@H]1CSC(N(C(=O)c2ccccc2Br)c2ccc(Cl)cc2)=N1. The van der Waals surface area contributed by atoms with Gasteiger partial charge in [0.25, 0.3) is 5.91 Å². The highest BCUT2D eigenvalue weighted by molar-refractivity contribution is 9.10. The monoisotopic (exact) mass is 408 g/mol. The smallest absolute Gasteiger partial charge is 0.265 e. The Labute approximate surface area is 152 Å². The minimum absolute atomic E-state index is 0.111. The van der Waals surface area contributed by atoms with Crippen LogP contribution in [0.15, 0.2) is 58.0 Å². The number of hydrogen-bond acceptors (Lipinski definition) is 3. The molecule has 2 aromatic rings. The molecule has 1 heterocycles. The molecule has 0 radical (unpaired) electrons. The molecule has 1 aliphatic rings. The molecule has 3 rings (SSSR count). The molecule has 1 aliphatic heterocycles. The Balaban J connectivity index is 2.05. The molecule has 0 bridgehead atoms. The van der Waals surface area contributed by atoms with Crippen molar-refractivity contribution in [2.24, 2.45) is 4.99 Å². The van der Waals surface area contributed by atoms with E-state index in [0.29, 0.717) is 10.6 Å². The molecule has 6 heteroatoms. The molecule has 0 N–H and O–H groups in total. The van der Waals surface area contributed by atoms with Crippen molar-refractivity contribution in [2.75, 3.05) is 10.7 Å². The van der Waals surface area contributed by atoms with Gasteiger partial charge in [-0.2, -0.15) is 0 Å². The zero-order valence-corrected chi connectivity index (χ0v) is 15.5. The lowest BCUT2D eigenvalue weighted by Crippen LogP contribution is -2.34. The first-order valence-corrected chi connectivity index (χ1v) is 9.27. The number of anilines is 1. The highest BCUT2D eigenvalue weighted by Gasteiger charge is 2.28. The van der Waals surface area contributed by atoms with E-state index in [4.69, 9.17) is 11.6 Å². The number of aliphatic imine (C=N–C) groups is 1. The standard InChI is InChI=1S/C17H14BrClN2OS/c1-11-10-23-17(20-11)21(13-8-6-12(19)7-9-13)16(22)14-4-2-3-5-15(14)18/h2-9,11H,10H2,1H3/t11-/m1/s1. The maximum absolute atomic E-state index is 13.1. The third kappa shape index (κ3) is 3.62. The number of carbonyl (C=O) groups excluding carboxylic acids is 1. The normalized spacial score (nSPS) is 17.0. The predicted molar refractivity (Wildman–Crippen MR) is 102 cm³/mol. The summed E-state index contributed by atoms with van der Waals surface area (Å²) < 4.78 is 0.764. The molecule has 0 spiro atoms. The largest absolute Gasteiger partial charge is 0.268 e. The first-order valence-electron chi connectivity index (χ1n) is 7.11. The van der Waals surface area contributed by atoms with Crippen molar-refractivity contribution >= 4 is 56.1 Å². The van der Waals surface area contributed by atoms with Crippen LogP contribution in [0.3, 0.4) is 0 Å². The molecule has 1 atom stereocenters. The van der Waals surface area contributed by atoms with Gasteiger partial charge in [0, 0.05) is 15.2 Å². The zero-order valence-electron chi connectivity index (χ0n) is 12.4. The summed E-state index contributed by atoms with van der Waals surface area (Å²) in [4.78, 5) is 19.4. The number of carbonyl (C=O) groups is 1. The number of benzene rings is 2. The van der Waals surface area contributed by atoms with E-state index in [0.717, 1.165) is 21.1 Å². The molecule has 0 aromatic heterocycles. The number of hydrogen-bond donors (Lipinski definition) is 0. The molecular formula is C17H14BrClN2OS. The molecule has 1 amide bonds. The maximum atomic E-state index is 13.1. The van der Waals surface area contributed by atoms with Gasteiger partial charge in [-0.3, -0.25) is 14.7 Å². The van der Waals surface area contributed by atoms with E-state index in [-0.39, 0.29) is 11.9 Å². The summed E-state index contributed by atoms with van der Waals surface area (Å²) in [5, 5.41) is 1.36. The lowest BCUT2D eigenvalue weighted by atomic mass is 10.2. The van der Waals surface area contributed by atoms with E-state index in [1.54, 1.807) is 34.9 Å². The van der Waals surface area contributed by atoms with E-state index < -0.39 is 0 Å². The summed E-state index contributed by atoms with van der Waals surface area (Å²) in [7, 11) is 0. The van der Waals surface area contributed by atoms with Gasteiger partial charge in [-0.25, -0.2) is 0 Å². The zero-order chi connectivity index (χ0) is 16.4. The third-order valence-electron chi connectivity index (χ3n) is 3.37. The summed E-state index contributed by atoms with van der Waals surface area (Å²) in [6.45, 7) is 2.04. The van der Waals surface area contributed by atoms with Crippen LogP contribution in [-0.4, -0.2) is 22.9 Å². The highest BCUT2D eigenvalue weighted by atomic mass is 79.9. The molecule has 3 nitrogen and oxygen atoms in total. The van der Waals surface area contributed by atoms with Gasteiger partial charge < -0.3 is 0 Å². The van der Waals surface area contributed by atoms with Gasteiger partial charge in [-0.05, 0) is 59.3 Å². The van der Waals surface area contributed by atoms with Crippen LogP contribution in [0.2, 0.25) is 5.02 Å². The number of thioether (sulfide) groups is 1. The van der Waals surface area contributed by atoms with Crippen LogP contribution in [0.5, 0.6) is 0 Å². The minimum Gasteiger partial charge on any atom is -0.268 e. The summed E-state index contributed by atoms with van der Waals surface area (Å²) in [5.41, 5.74) is 1.36. The number of amides is 1. The molecule has 2 aromatic carbocycles. The van der Waals surface area contributed by atoms with Crippen molar-refractivity contribution < 1.29 is 4.79 Å². The van der Waals surface area contributed by atoms with Crippen LogP contribution in [0.4, 0.5) is 5.69 Å². The average Bonchev–Trinajstić information content (AvgIpc) is 2.96.